The van der Waals surface area contributed by atoms with Gasteiger partial charge in [-0.1, -0.05) is 30.3 Å². The lowest BCUT2D eigenvalue weighted by Crippen LogP contribution is -2.40. The summed E-state index contributed by atoms with van der Waals surface area (Å²) in [6, 6.07) is 16.2. The molecule has 4 rings (SSSR count). The number of fused-ring (bicyclic) bond motifs is 1. The summed E-state index contributed by atoms with van der Waals surface area (Å²) in [7, 11) is 0. The summed E-state index contributed by atoms with van der Waals surface area (Å²) in [6.45, 7) is 3.79. The fourth-order valence-corrected chi connectivity index (χ4v) is 3.07. The molecule has 0 saturated carbocycles. The Hall–Kier alpha value is -3.94. The van der Waals surface area contributed by atoms with Gasteiger partial charge in [0.25, 0.3) is 11.8 Å². The third-order valence-corrected chi connectivity index (χ3v) is 4.72. The van der Waals surface area contributed by atoms with Crippen LogP contribution in [0.5, 0.6) is 0 Å². The Morgan fingerprint density at radius 1 is 1.03 bits per heavy atom. The summed E-state index contributed by atoms with van der Waals surface area (Å²) in [5, 5.41) is 12.3. The van der Waals surface area contributed by atoms with E-state index >= 15 is 0 Å². The van der Waals surface area contributed by atoms with Crippen molar-refractivity contribution in [2.75, 3.05) is 5.32 Å². The second-order valence-corrected chi connectivity index (χ2v) is 7.33. The third kappa shape index (κ3) is 3.80. The fraction of sp³-hybridized carbons (Fsp3) is 0.136. The van der Waals surface area contributed by atoms with E-state index in [0.717, 1.165) is 5.56 Å². The summed E-state index contributed by atoms with van der Waals surface area (Å²) >= 11 is 0. The first-order valence-corrected chi connectivity index (χ1v) is 9.26. The summed E-state index contributed by atoms with van der Waals surface area (Å²) in [6.07, 6.45) is 0. The van der Waals surface area contributed by atoms with E-state index in [1.165, 1.54) is 30.3 Å². The van der Waals surface area contributed by atoms with Gasteiger partial charge in [0.05, 0.1) is 5.54 Å². The maximum absolute atomic E-state index is 13.0. The van der Waals surface area contributed by atoms with E-state index in [9.17, 15) is 14.0 Å². The van der Waals surface area contributed by atoms with Crippen molar-refractivity contribution < 1.29 is 18.4 Å². The molecule has 8 heteroatoms. The summed E-state index contributed by atoms with van der Waals surface area (Å²) < 4.78 is 18.7. The number of benzene rings is 2. The molecule has 2 aromatic carbocycles. The average molecular weight is 406 g/mol. The van der Waals surface area contributed by atoms with Gasteiger partial charge < -0.3 is 15.1 Å². The molecule has 4 aromatic rings. The lowest BCUT2D eigenvalue weighted by atomic mass is 9.94. The van der Waals surface area contributed by atoms with Crippen LogP contribution in [0, 0.1) is 5.82 Å². The maximum atomic E-state index is 13.0. The molecule has 7 nitrogen and oxygen atoms in total. The number of anilines is 1. The molecule has 30 heavy (non-hydrogen) atoms. The van der Waals surface area contributed by atoms with Gasteiger partial charge >= 0.3 is 0 Å². The number of amides is 2. The molecule has 3 N–H and O–H groups in total. The molecule has 2 aromatic heterocycles. The molecule has 0 fully saturated rings. The molecule has 0 radical (unpaired) electrons. The second-order valence-electron chi connectivity index (χ2n) is 7.33. The molecule has 0 atom stereocenters. The summed E-state index contributed by atoms with van der Waals surface area (Å²) in [4.78, 5) is 25.1. The molecule has 0 aliphatic carbocycles. The number of carbonyl (C=O) groups excluding carboxylic acids is 2. The first-order chi connectivity index (χ1) is 14.3. The van der Waals surface area contributed by atoms with E-state index in [0.29, 0.717) is 5.52 Å². The van der Waals surface area contributed by atoms with Crippen molar-refractivity contribution in [1.29, 1.82) is 0 Å². The van der Waals surface area contributed by atoms with E-state index in [2.05, 4.69) is 20.8 Å². The lowest BCUT2D eigenvalue weighted by molar-refractivity contribution is 0.0885. The number of rotatable bonds is 5. The lowest BCUT2D eigenvalue weighted by Gasteiger charge is -2.26. The van der Waals surface area contributed by atoms with E-state index in [1.54, 1.807) is 0 Å². The largest absolute Gasteiger partial charge is 0.445 e. The number of aromatic amines is 1. The highest BCUT2D eigenvalue weighted by Gasteiger charge is 2.26. The Kier molecular flexibility index (Phi) is 4.83. The van der Waals surface area contributed by atoms with Crippen molar-refractivity contribution in [2.45, 2.75) is 19.4 Å². The van der Waals surface area contributed by atoms with Crippen molar-refractivity contribution in [3.05, 3.63) is 83.4 Å². The van der Waals surface area contributed by atoms with Gasteiger partial charge in [-0.05, 0) is 43.7 Å². The van der Waals surface area contributed by atoms with Crippen LogP contribution in [0.4, 0.5) is 10.2 Å². The predicted molar refractivity (Wildman–Crippen MR) is 110 cm³/mol. The van der Waals surface area contributed by atoms with Crippen molar-refractivity contribution in [1.82, 2.24) is 15.5 Å². The van der Waals surface area contributed by atoms with Gasteiger partial charge in [-0.3, -0.25) is 14.7 Å². The van der Waals surface area contributed by atoms with Crippen LogP contribution in [0.2, 0.25) is 0 Å². The minimum absolute atomic E-state index is 0.0833. The molecule has 0 bridgehead atoms. The molecule has 2 amide bonds. The van der Waals surface area contributed by atoms with Gasteiger partial charge in [0.1, 0.15) is 11.3 Å². The van der Waals surface area contributed by atoms with Crippen LogP contribution in [-0.4, -0.2) is 22.0 Å². The average Bonchev–Trinajstić information content (AvgIpc) is 3.31. The standard InChI is InChI=1S/C22H19FN4O3/c1-22(2,14-6-4-3-5-7-14)25-21(29)17-12-16-18(30-17)19(27-26-16)24-20(28)13-8-10-15(23)11-9-13/h3-12H,1-2H3,(H,25,29)(H2,24,26,27,28). The Morgan fingerprint density at radius 3 is 2.43 bits per heavy atom. The maximum Gasteiger partial charge on any atom is 0.287 e. The Morgan fingerprint density at radius 2 is 1.73 bits per heavy atom. The molecule has 2 heterocycles. The zero-order valence-electron chi connectivity index (χ0n) is 16.3. The Balaban J connectivity index is 1.53. The molecule has 0 spiro atoms. The number of aromatic nitrogens is 2. The SMILES string of the molecule is CC(C)(NC(=O)c1cc2[nH]nc(NC(=O)c3ccc(F)cc3)c2o1)c1ccccc1. The smallest absolute Gasteiger partial charge is 0.287 e. The van der Waals surface area contributed by atoms with Gasteiger partial charge in [0, 0.05) is 11.6 Å². The number of hydrogen-bond acceptors (Lipinski definition) is 4. The van der Waals surface area contributed by atoms with Crippen molar-refractivity contribution in [2.24, 2.45) is 0 Å². The number of hydrogen-bond donors (Lipinski definition) is 3. The van der Waals surface area contributed by atoms with Crippen molar-refractivity contribution in [3.8, 4) is 0 Å². The van der Waals surface area contributed by atoms with Crippen LogP contribution in [-0.2, 0) is 5.54 Å². The van der Waals surface area contributed by atoms with Crippen LogP contribution >= 0.6 is 0 Å². The number of halogens is 1. The minimum Gasteiger partial charge on any atom is -0.445 e. The molecule has 0 aliphatic heterocycles. The molecular formula is C22H19FN4O3. The topological polar surface area (TPSA) is 100 Å². The van der Waals surface area contributed by atoms with Crippen LogP contribution in [0.25, 0.3) is 11.1 Å². The van der Waals surface area contributed by atoms with Gasteiger partial charge in [-0.2, -0.15) is 5.10 Å². The molecule has 152 valence electrons. The zero-order chi connectivity index (χ0) is 21.3. The van der Waals surface area contributed by atoms with Gasteiger partial charge in [0.15, 0.2) is 17.2 Å². The van der Waals surface area contributed by atoms with Crippen LogP contribution in [0.1, 0.15) is 40.3 Å². The summed E-state index contributed by atoms with van der Waals surface area (Å²) in [5.41, 5.74) is 1.31. The molecular weight excluding hydrogens is 387 g/mol. The van der Waals surface area contributed by atoms with E-state index in [4.69, 9.17) is 4.42 Å². The van der Waals surface area contributed by atoms with E-state index in [1.807, 2.05) is 44.2 Å². The number of carbonyl (C=O) groups is 2. The fourth-order valence-electron chi connectivity index (χ4n) is 3.07. The number of nitrogens with one attached hydrogen (secondary N) is 3. The number of H-pyrrole nitrogens is 1. The van der Waals surface area contributed by atoms with Gasteiger partial charge in [-0.25, -0.2) is 4.39 Å². The van der Waals surface area contributed by atoms with Crippen LogP contribution in [0.3, 0.4) is 0 Å². The first kappa shape index (κ1) is 19.4. The van der Waals surface area contributed by atoms with Gasteiger partial charge in [0.2, 0.25) is 0 Å². The number of nitrogens with zero attached hydrogens (tertiary/aromatic N) is 1. The quantitative estimate of drug-likeness (QED) is 0.462. The normalized spacial score (nSPS) is 11.4. The highest BCUT2D eigenvalue weighted by atomic mass is 19.1. The van der Waals surface area contributed by atoms with Crippen molar-refractivity contribution >= 4 is 28.7 Å². The predicted octanol–water partition coefficient (Wildman–Crippen LogP) is 4.21. The van der Waals surface area contributed by atoms with Crippen molar-refractivity contribution in [3.63, 3.8) is 0 Å². The monoisotopic (exact) mass is 406 g/mol. The first-order valence-electron chi connectivity index (χ1n) is 9.26. The molecule has 0 unspecified atom stereocenters. The highest BCUT2D eigenvalue weighted by molar-refractivity contribution is 6.07. The van der Waals surface area contributed by atoms with E-state index in [-0.39, 0.29) is 22.7 Å². The Labute approximate surface area is 171 Å². The van der Waals surface area contributed by atoms with Crippen LogP contribution < -0.4 is 10.6 Å². The Bertz CT molecular complexity index is 1210. The highest BCUT2D eigenvalue weighted by Crippen LogP contribution is 2.26. The second kappa shape index (κ2) is 7.47. The van der Waals surface area contributed by atoms with Gasteiger partial charge in [-0.15, -0.1) is 0 Å². The number of furan rings is 1. The minimum atomic E-state index is -0.614. The summed E-state index contributed by atoms with van der Waals surface area (Å²) in [5.74, 6) is -1.09. The molecule has 0 aliphatic rings. The molecule has 0 saturated heterocycles. The van der Waals surface area contributed by atoms with E-state index < -0.39 is 23.2 Å². The third-order valence-electron chi connectivity index (χ3n) is 4.72. The van der Waals surface area contributed by atoms with Crippen LogP contribution in [0.15, 0.2) is 65.1 Å². The zero-order valence-corrected chi connectivity index (χ0v) is 16.3.